The molecule has 0 radical (unpaired) electrons. The fourth-order valence-corrected chi connectivity index (χ4v) is 2.16. The number of aromatic nitrogens is 1. The van der Waals surface area contributed by atoms with Crippen molar-refractivity contribution >= 4 is 11.8 Å². The van der Waals surface area contributed by atoms with Crippen molar-refractivity contribution in [2.24, 2.45) is 0 Å². The van der Waals surface area contributed by atoms with Gasteiger partial charge >= 0.3 is 5.97 Å². The maximum Gasteiger partial charge on any atom is 0.335 e. The SMILES string of the molecule is CCCCN(CCCC)c1cc(C(=O)O)cc(C(C)C)n1. The Labute approximate surface area is 128 Å². The fourth-order valence-electron chi connectivity index (χ4n) is 2.16. The zero-order valence-corrected chi connectivity index (χ0v) is 13.7. The van der Waals surface area contributed by atoms with E-state index in [2.05, 4.69) is 23.7 Å². The number of pyridine rings is 1. The number of carbonyl (C=O) groups is 1. The van der Waals surface area contributed by atoms with Gasteiger partial charge in [0.15, 0.2) is 0 Å². The predicted molar refractivity (Wildman–Crippen MR) is 87.3 cm³/mol. The van der Waals surface area contributed by atoms with Crippen LogP contribution in [-0.2, 0) is 0 Å². The first-order valence-electron chi connectivity index (χ1n) is 7.99. The summed E-state index contributed by atoms with van der Waals surface area (Å²) in [7, 11) is 0. The van der Waals surface area contributed by atoms with Crippen LogP contribution >= 0.6 is 0 Å². The van der Waals surface area contributed by atoms with Crippen molar-refractivity contribution in [1.82, 2.24) is 4.98 Å². The second-order valence-electron chi connectivity index (χ2n) is 5.79. The molecule has 0 saturated heterocycles. The molecule has 0 amide bonds. The van der Waals surface area contributed by atoms with Crippen LogP contribution in [0.3, 0.4) is 0 Å². The molecule has 4 nitrogen and oxygen atoms in total. The van der Waals surface area contributed by atoms with Gasteiger partial charge < -0.3 is 10.0 Å². The fraction of sp³-hybridized carbons (Fsp3) is 0.647. The molecule has 1 N–H and O–H groups in total. The molecule has 0 unspecified atom stereocenters. The molecule has 1 heterocycles. The van der Waals surface area contributed by atoms with E-state index in [0.29, 0.717) is 5.56 Å². The molecule has 21 heavy (non-hydrogen) atoms. The first-order chi connectivity index (χ1) is 9.99. The maximum atomic E-state index is 11.3. The Morgan fingerprint density at radius 2 is 1.76 bits per heavy atom. The van der Waals surface area contributed by atoms with E-state index in [4.69, 9.17) is 0 Å². The minimum Gasteiger partial charge on any atom is -0.478 e. The van der Waals surface area contributed by atoms with Crippen LogP contribution in [0.5, 0.6) is 0 Å². The highest BCUT2D eigenvalue weighted by Crippen LogP contribution is 2.21. The van der Waals surface area contributed by atoms with Crippen LogP contribution in [0.1, 0.15) is 75.3 Å². The number of hydrogen-bond donors (Lipinski definition) is 1. The van der Waals surface area contributed by atoms with Crippen molar-refractivity contribution < 1.29 is 9.90 Å². The lowest BCUT2D eigenvalue weighted by Gasteiger charge is -2.25. The third-order valence-electron chi connectivity index (χ3n) is 3.56. The molecule has 118 valence electrons. The lowest BCUT2D eigenvalue weighted by atomic mass is 10.1. The molecule has 0 aliphatic rings. The largest absolute Gasteiger partial charge is 0.478 e. The monoisotopic (exact) mass is 292 g/mol. The zero-order chi connectivity index (χ0) is 15.8. The molecule has 0 saturated carbocycles. The second kappa shape index (κ2) is 8.65. The van der Waals surface area contributed by atoms with Crippen LogP contribution in [0, 0.1) is 0 Å². The van der Waals surface area contributed by atoms with Crippen LogP contribution in [0.25, 0.3) is 0 Å². The van der Waals surface area contributed by atoms with E-state index < -0.39 is 5.97 Å². The number of carboxylic acid groups (broad SMARTS) is 1. The number of carboxylic acids is 1. The highest BCUT2D eigenvalue weighted by molar-refractivity contribution is 5.88. The Morgan fingerprint density at radius 3 is 2.19 bits per heavy atom. The van der Waals surface area contributed by atoms with Gasteiger partial charge in [-0.15, -0.1) is 0 Å². The standard InChI is InChI=1S/C17H28N2O2/c1-5-7-9-19(10-8-6-2)16-12-14(17(20)21)11-15(18-16)13(3)4/h11-13H,5-10H2,1-4H3,(H,20,21). The number of hydrogen-bond acceptors (Lipinski definition) is 3. The van der Waals surface area contributed by atoms with Crippen molar-refractivity contribution in [3.63, 3.8) is 0 Å². The van der Waals surface area contributed by atoms with Gasteiger partial charge in [0.2, 0.25) is 0 Å². The molecular weight excluding hydrogens is 264 g/mol. The van der Waals surface area contributed by atoms with Gasteiger partial charge in [-0.1, -0.05) is 40.5 Å². The van der Waals surface area contributed by atoms with Gasteiger partial charge in [0, 0.05) is 18.8 Å². The number of unbranched alkanes of at least 4 members (excludes halogenated alkanes) is 2. The summed E-state index contributed by atoms with van der Waals surface area (Å²) in [4.78, 5) is 18.2. The van der Waals surface area contributed by atoms with Crippen molar-refractivity contribution in [3.8, 4) is 0 Å². The average Bonchev–Trinajstić information content (AvgIpc) is 2.46. The van der Waals surface area contributed by atoms with E-state index in [0.717, 1.165) is 50.3 Å². The van der Waals surface area contributed by atoms with Crippen LogP contribution in [0.2, 0.25) is 0 Å². The van der Waals surface area contributed by atoms with Gasteiger partial charge in [0.1, 0.15) is 5.82 Å². The summed E-state index contributed by atoms with van der Waals surface area (Å²) in [6, 6.07) is 3.40. The van der Waals surface area contributed by atoms with E-state index >= 15 is 0 Å². The second-order valence-corrected chi connectivity index (χ2v) is 5.79. The van der Waals surface area contributed by atoms with Gasteiger partial charge in [-0.3, -0.25) is 0 Å². The zero-order valence-electron chi connectivity index (χ0n) is 13.7. The Hall–Kier alpha value is -1.58. The van der Waals surface area contributed by atoms with Gasteiger partial charge in [0.25, 0.3) is 0 Å². The van der Waals surface area contributed by atoms with Crippen LogP contribution in [0.15, 0.2) is 12.1 Å². The van der Waals surface area contributed by atoms with Crippen LogP contribution in [0.4, 0.5) is 5.82 Å². The Balaban J connectivity index is 3.11. The van der Waals surface area contributed by atoms with E-state index in [-0.39, 0.29) is 5.92 Å². The quantitative estimate of drug-likeness (QED) is 0.737. The third-order valence-corrected chi connectivity index (χ3v) is 3.56. The number of rotatable bonds is 9. The normalized spacial score (nSPS) is 10.9. The summed E-state index contributed by atoms with van der Waals surface area (Å²) >= 11 is 0. The van der Waals surface area contributed by atoms with E-state index in [1.165, 1.54) is 0 Å². The minimum atomic E-state index is -0.883. The number of aromatic carboxylic acids is 1. The van der Waals surface area contributed by atoms with E-state index in [1.807, 2.05) is 13.8 Å². The molecule has 1 rings (SSSR count). The Morgan fingerprint density at radius 1 is 1.19 bits per heavy atom. The summed E-state index contributed by atoms with van der Waals surface area (Å²) in [5, 5.41) is 9.30. The summed E-state index contributed by atoms with van der Waals surface area (Å²) in [5.74, 6) is 0.147. The van der Waals surface area contributed by atoms with E-state index in [1.54, 1.807) is 12.1 Å². The van der Waals surface area contributed by atoms with Gasteiger partial charge in [0.05, 0.1) is 5.56 Å². The first-order valence-corrected chi connectivity index (χ1v) is 7.99. The summed E-state index contributed by atoms with van der Waals surface area (Å²) in [6.07, 6.45) is 4.44. The molecule has 0 fully saturated rings. The predicted octanol–water partition coefficient (Wildman–Crippen LogP) is 4.31. The van der Waals surface area contributed by atoms with Gasteiger partial charge in [-0.05, 0) is 30.9 Å². The summed E-state index contributed by atoms with van der Waals surface area (Å²) in [5.41, 5.74) is 1.18. The maximum absolute atomic E-state index is 11.3. The summed E-state index contributed by atoms with van der Waals surface area (Å²) in [6.45, 7) is 10.3. The third kappa shape index (κ3) is 5.37. The molecule has 1 aromatic heterocycles. The highest BCUT2D eigenvalue weighted by atomic mass is 16.4. The van der Waals surface area contributed by atoms with Gasteiger partial charge in [-0.25, -0.2) is 9.78 Å². The van der Waals surface area contributed by atoms with E-state index in [9.17, 15) is 9.90 Å². The average molecular weight is 292 g/mol. The molecule has 0 aromatic carbocycles. The van der Waals surface area contributed by atoms with Crippen molar-refractivity contribution in [2.45, 2.75) is 59.3 Å². The van der Waals surface area contributed by atoms with Gasteiger partial charge in [-0.2, -0.15) is 0 Å². The molecule has 0 atom stereocenters. The number of nitrogens with zero attached hydrogens (tertiary/aromatic N) is 2. The molecule has 0 bridgehead atoms. The van der Waals surface area contributed by atoms with Crippen molar-refractivity contribution in [2.75, 3.05) is 18.0 Å². The number of anilines is 1. The molecular formula is C17H28N2O2. The molecule has 0 aliphatic carbocycles. The molecule has 1 aromatic rings. The van der Waals surface area contributed by atoms with Crippen molar-refractivity contribution in [1.29, 1.82) is 0 Å². The lowest BCUT2D eigenvalue weighted by molar-refractivity contribution is 0.0696. The first kappa shape index (κ1) is 17.5. The smallest absolute Gasteiger partial charge is 0.335 e. The topological polar surface area (TPSA) is 53.4 Å². The van der Waals surface area contributed by atoms with Crippen molar-refractivity contribution in [3.05, 3.63) is 23.4 Å². The lowest BCUT2D eigenvalue weighted by Crippen LogP contribution is -2.27. The molecule has 4 heteroatoms. The highest BCUT2D eigenvalue weighted by Gasteiger charge is 2.14. The summed E-state index contributed by atoms with van der Waals surface area (Å²) < 4.78 is 0. The van der Waals surface area contributed by atoms with Crippen LogP contribution in [-0.4, -0.2) is 29.1 Å². The Kier molecular flexibility index (Phi) is 7.20. The Bertz CT molecular complexity index is 450. The van der Waals surface area contributed by atoms with Crippen LogP contribution < -0.4 is 4.90 Å². The molecule has 0 spiro atoms. The molecule has 0 aliphatic heterocycles. The minimum absolute atomic E-state index is 0.224.